The van der Waals surface area contributed by atoms with Gasteiger partial charge in [-0.3, -0.25) is 14.4 Å². The summed E-state index contributed by atoms with van der Waals surface area (Å²) in [5.74, 6) is -1.13. The van der Waals surface area contributed by atoms with Gasteiger partial charge in [0.05, 0.1) is 5.60 Å². The van der Waals surface area contributed by atoms with Crippen LogP contribution in [-0.2, 0) is 19.1 Å². The molecule has 0 amide bonds. The normalized spacial score (nSPS) is 50.1. The largest absolute Gasteiger partial charge is 0.454 e. The van der Waals surface area contributed by atoms with Crippen molar-refractivity contribution in [2.45, 2.75) is 90.4 Å². The first-order valence-electron chi connectivity index (χ1n) is 11.2. The minimum Gasteiger partial charge on any atom is -0.454 e. The Labute approximate surface area is 178 Å². The van der Waals surface area contributed by atoms with Gasteiger partial charge in [0.25, 0.3) is 0 Å². The molecule has 4 aliphatic rings. The number of hydrogen-bond acceptors (Lipinski definition) is 6. The van der Waals surface area contributed by atoms with Crippen LogP contribution >= 0.6 is 0 Å². The fraction of sp³-hybridized carbons (Fsp3) is 0.792. The Bertz CT molecular complexity index is 847. The van der Waals surface area contributed by atoms with Crippen LogP contribution in [0.3, 0.4) is 0 Å². The van der Waals surface area contributed by atoms with Gasteiger partial charge in [0.2, 0.25) is 0 Å². The van der Waals surface area contributed by atoms with Gasteiger partial charge in [0.15, 0.2) is 17.7 Å². The number of fused-ring (bicyclic) bond motifs is 5. The van der Waals surface area contributed by atoms with Crippen molar-refractivity contribution in [1.82, 2.24) is 0 Å². The van der Waals surface area contributed by atoms with Crippen LogP contribution in [0.4, 0.5) is 0 Å². The zero-order valence-corrected chi connectivity index (χ0v) is 18.7. The lowest BCUT2D eigenvalue weighted by Gasteiger charge is -2.63. The predicted molar refractivity (Wildman–Crippen MR) is 109 cm³/mol. The fourth-order valence-corrected chi connectivity index (χ4v) is 7.92. The Morgan fingerprint density at radius 1 is 1.13 bits per heavy atom. The predicted octanol–water partition coefficient (Wildman–Crippen LogP) is 2.74. The molecule has 0 aliphatic heterocycles. The Balaban J connectivity index is 1.75. The maximum Gasteiger partial charge on any atom is 0.303 e. The molecule has 8 atom stereocenters. The molecule has 30 heavy (non-hydrogen) atoms. The van der Waals surface area contributed by atoms with Gasteiger partial charge in [-0.2, -0.15) is 0 Å². The van der Waals surface area contributed by atoms with Crippen molar-refractivity contribution in [2.24, 2.45) is 28.6 Å². The molecule has 6 heteroatoms. The lowest BCUT2D eigenvalue weighted by atomic mass is 9.44. The molecule has 4 rings (SSSR count). The third kappa shape index (κ3) is 2.46. The number of rotatable bonds is 2. The molecule has 0 radical (unpaired) electrons. The lowest BCUT2D eigenvalue weighted by molar-refractivity contribution is -0.216. The molecule has 166 valence electrons. The maximum atomic E-state index is 12.5. The van der Waals surface area contributed by atoms with Crippen LogP contribution in [0.5, 0.6) is 0 Å². The number of ether oxygens (including phenoxy) is 1. The van der Waals surface area contributed by atoms with Crippen LogP contribution in [0.25, 0.3) is 0 Å². The molecule has 2 unspecified atom stereocenters. The Morgan fingerprint density at radius 3 is 2.40 bits per heavy atom. The van der Waals surface area contributed by atoms with Gasteiger partial charge < -0.3 is 14.9 Å². The van der Waals surface area contributed by atoms with E-state index < -0.39 is 34.1 Å². The molecule has 0 saturated heterocycles. The van der Waals surface area contributed by atoms with Crippen LogP contribution < -0.4 is 0 Å². The van der Waals surface area contributed by atoms with E-state index in [2.05, 4.69) is 0 Å². The molecule has 6 nitrogen and oxygen atoms in total. The van der Waals surface area contributed by atoms with Crippen molar-refractivity contribution in [1.29, 1.82) is 0 Å². The molecule has 4 aliphatic carbocycles. The minimum absolute atomic E-state index is 0.0170. The molecule has 2 N–H and O–H groups in total. The van der Waals surface area contributed by atoms with Gasteiger partial charge in [-0.1, -0.05) is 26.3 Å². The Morgan fingerprint density at radius 2 is 1.80 bits per heavy atom. The van der Waals surface area contributed by atoms with Crippen LogP contribution in [0.2, 0.25) is 0 Å². The number of ketones is 2. The van der Waals surface area contributed by atoms with Crippen molar-refractivity contribution < 1.29 is 29.3 Å². The monoisotopic (exact) mass is 418 g/mol. The minimum atomic E-state index is -1.38. The van der Waals surface area contributed by atoms with Crippen LogP contribution in [0.15, 0.2) is 11.6 Å². The second-order valence-electron chi connectivity index (χ2n) is 10.8. The highest BCUT2D eigenvalue weighted by molar-refractivity contribution is 5.96. The second-order valence-corrected chi connectivity index (χ2v) is 10.8. The van der Waals surface area contributed by atoms with Gasteiger partial charge in [-0.05, 0) is 62.9 Å². The summed E-state index contributed by atoms with van der Waals surface area (Å²) in [5, 5.41) is 23.7. The van der Waals surface area contributed by atoms with E-state index in [1.54, 1.807) is 6.08 Å². The fourth-order valence-electron chi connectivity index (χ4n) is 7.92. The number of carbonyl (C=O) groups excluding carboxylic acids is 3. The van der Waals surface area contributed by atoms with E-state index in [9.17, 15) is 24.6 Å². The van der Waals surface area contributed by atoms with Gasteiger partial charge in [-0.25, -0.2) is 0 Å². The van der Waals surface area contributed by atoms with E-state index in [0.29, 0.717) is 25.7 Å². The Hall–Kier alpha value is -1.53. The number of aliphatic hydroxyl groups is 2. The number of esters is 1. The van der Waals surface area contributed by atoms with Crippen molar-refractivity contribution in [3.8, 4) is 0 Å². The summed E-state index contributed by atoms with van der Waals surface area (Å²) in [7, 11) is 0. The van der Waals surface area contributed by atoms with Crippen molar-refractivity contribution >= 4 is 17.5 Å². The Kier molecular flexibility index (Phi) is 4.69. The average Bonchev–Trinajstić information content (AvgIpc) is 2.85. The standard InChI is InChI=1S/C24H34O6/c1-13-10-18-17-7-6-16-11-19(27)20(30-15(3)26)12-22(16,5)23(17,28)9-8-21(18,4)24(13,29)14(2)25/h11,13,17-18,20,28-29H,6-10,12H2,1-5H3/t13?,17-,18-,20?,21-,22-,23+,24-/m0/s1. The van der Waals surface area contributed by atoms with E-state index in [1.807, 2.05) is 20.8 Å². The zero-order valence-electron chi connectivity index (χ0n) is 18.7. The molecule has 0 heterocycles. The van der Waals surface area contributed by atoms with Crippen LogP contribution in [0, 0.1) is 28.6 Å². The zero-order chi connectivity index (χ0) is 22.3. The molecular weight excluding hydrogens is 384 g/mol. The quantitative estimate of drug-likeness (QED) is 0.669. The first kappa shape index (κ1) is 21.7. The molecule has 0 spiro atoms. The lowest BCUT2D eigenvalue weighted by Crippen LogP contribution is -2.66. The topological polar surface area (TPSA) is 101 Å². The number of hydrogen-bond donors (Lipinski definition) is 2. The van der Waals surface area contributed by atoms with Crippen LogP contribution in [0.1, 0.15) is 73.1 Å². The van der Waals surface area contributed by atoms with E-state index >= 15 is 0 Å². The third-order valence-electron chi connectivity index (χ3n) is 9.60. The van der Waals surface area contributed by atoms with E-state index in [4.69, 9.17) is 4.74 Å². The number of Topliss-reactive ketones (excluding diaryl/α,β-unsaturated/α-hetero) is 1. The second kappa shape index (κ2) is 6.49. The highest BCUT2D eigenvalue weighted by Gasteiger charge is 2.72. The first-order valence-corrected chi connectivity index (χ1v) is 11.2. The summed E-state index contributed by atoms with van der Waals surface area (Å²) >= 11 is 0. The van der Waals surface area contributed by atoms with Gasteiger partial charge in [0.1, 0.15) is 5.60 Å². The van der Waals surface area contributed by atoms with Crippen molar-refractivity contribution in [3.63, 3.8) is 0 Å². The van der Waals surface area contributed by atoms with Gasteiger partial charge in [-0.15, -0.1) is 0 Å². The molecule has 0 aromatic rings. The van der Waals surface area contributed by atoms with Gasteiger partial charge >= 0.3 is 5.97 Å². The number of carbonyl (C=O) groups is 3. The van der Waals surface area contributed by atoms with Crippen molar-refractivity contribution in [2.75, 3.05) is 0 Å². The maximum absolute atomic E-state index is 12.5. The van der Waals surface area contributed by atoms with E-state index in [1.165, 1.54) is 13.8 Å². The summed E-state index contributed by atoms with van der Waals surface area (Å²) in [5.41, 5.74) is -2.76. The smallest absolute Gasteiger partial charge is 0.303 e. The highest BCUT2D eigenvalue weighted by atomic mass is 16.5. The SMILES string of the molecule is CC(=O)OC1C[C@@]2(C)C(=CC1=O)CC[C@H]1[C@@H]3CC(C)[C@](O)(C(C)=O)[C@@]3(C)CC[C@@]12O. The third-order valence-corrected chi connectivity index (χ3v) is 9.60. The summed E-state index contributed by atoms with van der Waals surface area (Å²) in [6.07, 6.45) is 4.10. The highest BCUT2D eigenvalue weighted by Crippen LogP contribution is 2.70. The first-order chi connectivity index (χ1) is 13.8. The summed E-state index contributed by atoms with van der Waals surface area (Å²) < 4.78 is 5.30. The van der Waals surface area contributed by atoms with E-state index in [0.717, 1.165) is 12.0 Å². The average molecular weight is 419 g/mol. The van der Waals surface area contributed by atoms with E-state index in [-0.39, 0.29) is 35.7 Å². The molecule has 0 aromatic heterocycles. The molecular formula is C24H34O6. The summed E-state index contributed by atoms with van der Waals surface area (Å²) in [4.78, 5) is 36.6. The summed E-state index contributed by atoms with van der Waals surface area (Å²) in [6.45, 7) is 8.72. The van der Waals surface area contributed by atoms with Crippen molar-refractivity contribution in [3.05, 3.63) is 11.6 Å². The van der Waals surface area contributed by atoms with Crippen LogP contribution in [-0.4, -0.2) is 45.1 Å². The molecule has 3 saturated carbocycles. The molecule has 3 fully saturated rings. The van der Waals surface area contributed by atoms with Gasteiger partial charge in [0, 0.05) is 24.2 Å². The summed E-state index contributed by atoms with van der Waals surface area (Å²) in [6, 6.07) is 0. The molecule has 0 bridgehead atoms. The molecule has 0 aromatic carbocycles.